The lowest BCUT2D eigenvalue weighted by atomic mass is 10.0. The first kappa shape index (κ1) is 15.0. The molecule has 2 aliphatic heterocycles. The number of aryl methyl sites for hydroxylation is 1. The largest absolute Gasteiger partial charge is 0.381 e. The van der Waals surface area contributed by atoms with E-state index in [2.05, 4.69) is 31.3 Å². The number of nitrogens with zero attached hydrogens (tertiary/aromatic N) is 1. The maximum absolute atomic E-state index is 12.6. The Morgan fingerprint density at radius 2 is 2.33 bits per heavy atom. The molecular weight excluding hydrogens is 284 g/mol. The second-order valence-electron chi connectivity index (χ2n) is 6.03. The van der Waals surface area contributed by atoms with E-state index in [0.717, 1.165) is 39.0 Å². The van der Waals surface area contributed by atoms with Crippen molar-refractivity contribution in [2.45, 2.75) is 45.3 Å². The number of ether oxygens (including phenoxy) is 1. The molecule has 21 heavy (non-hydrogen) atoms. The van der Waals surface area contributed by atoms with Crippen LogP contribution in [-0.4, -0.2) is 36.6 Å². The molecule has 3 rings (SSSR count). The summed E-state index contributed by atoms with van der Waals surface area (Å²) >= 11 is 1.78. The fraction of sp³-hybridized carbons (Fsp3) is 0.688. The molecule has 1 amide bonds. The van der Waals surface area contributed by atoms with Gasteiger partial charge in [0.2, 0.25) is 5.91 Å². The van der Waals surface area contributed by atoms with Crippen LogP contribution < -0.4 is 5.32 Å². The van der Waals surface area contributed by atoms with Gasteiger partial charge in [-0.05, 0) is 44.2 Å². The third-order valence-electron chi connectivity index (χ3n) is 4.49. The van der Waals surface area contributed by atoms with E-state index in [9.17, 15) is 4.79 Å². The van der Waals surface area contributed by atoms with E-state index in [4.69, 9.17) is 4.74 Å². The first-order valence-corrected chi connectivity index (χ1v) is 8.71. The van der Waals surface area contributed by atoms with Gasteiger partial charge in [0.15, 0.2) is 0 Å². The van der Waals surface area contributed by atoms with E-state index in [0.29, 0.717) is 5.92 Å². The van der Waals surface area contributed by atoms with Gasteiger partial charge in [0.25, 0.3) is 0 Å². The maximum atomic E-state index is 12.6. The average molecular weight is 308 g/mol. The highest BCUT2D eigenvalue weighted by atomic mass is 32.1. The van der Waals surface area contributed by atoms with Crippen LogP contribution in [0.4, 0.5) is 0 Å². The zero-order valence-electron chi connectivity index (χ0n) is 12.8. The van der Waals surface area contributed by atoms with Gasteiger partial charge in [-0.3, -0.25) is 10.1 Å². The molecule has 0 saturated carbocycles. The summed E-state index contributed by atoms with van der Waals surface area (Å²) in [6.45, 7) is 6.75. The summed E-state index contributed by atoms with van der Waals surface area (Å²) in [7, 11) is 0. The summed E-state index contributed by atoms with van der Waals surface area (Å²) < 4.78 is 5.44. The highest BCUT2D eigenvalue weighted by molar-refractivity contribution is 7.12. The second kappa shape index (κ2) is 6.46. The van der Waals surface area contributed by atoms with Crippen LogP contribution in [0.5, 0.6) is 0 Å². The number of rotatable bonds is 5. The number of amides is 1. The zero-order chi connectivity index (χ0) is 14.8. The summed E-state index contributed by atoms with van der Waals surface area (Å²) in [5, 5.41) is 3.50. The zero-order valence-corrected chi connectivity index (χ0v) is 13.6. The number of hydrogen-bond donors (Lipinski definition) is 1. The Morgan fingerprint density at radius 3 is 2.95 bits per heavy atom. The Kier molecular flexibility index (Phi) is 4.62. The molecular formula is C16H24N2O2S. The molecule has 3 atom stereocenters. The predicted octanol–water partition coefficient (Wildman–Crippen LogP) is 2.69. The molecule has 2 saturated heterocycles. The van der Waals surface area contributed by atoms with Gasteiger partial charge in [-0.25, -0.2) is 0 Å². The van der Waals surface area contributed by atoms with Crippen LogP contribution >= 0.6 is 11.3 Å². The fourth-order valence-electron chi connectivity index (χ4n) is 3.18. The van der Waals surface area contributed by atoms with Crippen LogP contribution in [-0.2, 0) is 9.53 Å². The normalized spacial score (nSPS) is 29.5. The first-order valence-electron chi connectivity index (χ1n) is 7.89. The highest BCUT2D eigenvalue weighted by Crippen LogP contribution is 2.32. The third kappa shape index (κ3) is 3.15. The molecule has 4 nitrogen and oxygen atoms in total. The van der Waals surface area contributed by atoms with Crippen LogP contribution in [0, 0.1) is 12.8 Å². The summed E-state index contributed by atoms with van der Waals surface area (Å²) in [5.74, 6) is 0.872. The van der Waals surface area contributed by atoms with E-state index in [1.807, 2.05) is 4.90 Å². The molecule has 116 valence electrons. The summed E-state index contributed by atoms with van der Waals surface area (Å²) in [6.07, 6.45) is 3.09. The minimum Gasteiger partial charge on any atom is -0.381 e. The van der Waals surface area contributed by atoms with Gasteiger partial charge < -0.3 is 9.64 Å². The van der Waals surface area contributed by atoms with Gasteiger partial charge >= 0.3 is 0 Å². The van der Waals surface area contributed by atoms with E-state index in [1.54, 1.807) is 11.3 Å². The lowest BCUT2D eigenvalue weighted by Gasteiger charge is -2.24. The summed E-state index contributed by atoms with van der Waals surface area (Å²) in [4.78, 5) is 17.2. The predicted molar refractivity (Wildman–Crippen MR) is 84.3 cm³/mol. The van der Waals surface area contributed by atoms with Crippen LogP contribution in [0.3, 0.4) is 0 Å². The van der Waals surface area contributed by atoms with E-state index in [1.165, 1.54) is 9.75 Å². The van der Waals surface area contributed by atoms with Crippen molar-refractivity contribution in [1.82, 2.24) is 10.2 Å². The minimum atomic E-state index is -0.0303. The molecule has 2 aliphatic rings. The van der Waals surface area contributed by atoms with E-state index in [-0.39, 0.29) is 18.1 Å². The Labute approximate surface area is 130 Å². The first-order chi connectivity index (χ1) is 10.2. The van der Waals surface area contributed by atoms with Crippen molar-refractivity contribution in [3.05, 3.63) is 21.9 Å². The van der Waals surface area contributed by atoms with Crippen LogP contribution in [0.2, 0.25) is 0 Å². The van der Waals surface area contributed by atoms with Crippen LogP contribution in [0.1, 0.15) is 42.1 Å². The topological polar surface area (TPSA) is 41.6 Å². The molecule has 0 spiro atoms. The van der Waals surface area contributed by atoms with Crippen molar-refractivity contribution in [3.63, 3.8) is 0 Å². The second-order valence-corrected chi connectivity index (χ2v) is 7.35. The molecule has 5 heteroatoms. The molecule has 2 fully saturated rings. The lowest BCUT2D eigenvalue weighted by molar-refractivity contribution is -0.130. The number of nitrogens with one attached hydrogen (secondary N) is 1. The molecule has 3 unspecified atom stereocenters. The van der Waals surface area contributed by atoms with Gasteiger partial charge in [-0.15, -0.1) is 11.3 Å². The average Bonchev–Trinajstić information content (AvgIpc) is 3.17. The molecule has 1 aromatic heterocycles. The molecule has 0 bridgehead atoms. The van der Waals surface area contributed by atoms with Gasteiger partial charge in [-0.1, -0.05) is 6.92 Å². The van der Waals surface area contributed by atoms with E-state index < -0.39 is 0 Å². The smallest absolute Gasteiger partial charge is 0.241 e. The minimum absolute atomic E-state index is 0.0303. The molecule has 0 radical (unpaired) electrons. The molecule has 0 aromatic carbocycles. The van der Waals surface area contributed by atoms with E-state index >= 15 is 0 Å². The lowest BCUT2D eigenvalue weighted by Crippen LogP contribution is -2.32. The Bertz CT molecular complexity index is 496. The van der Waals surface area contributed by atoms with Crippen molar-refractivity contribution in [3.8, 4) is 0 Å². The summed E-state index contributed by atoms with van der Waals surface area (Å²) in [5.41, 5.74) is 0. The quantitative estimate of drug-likeness (QED) is 0.909. The van der Waals surface area contributed by atoms with Crippen molar-refractivity contribution in [1.29, 1.82) is 0 Å². The van der Waals surface area contributed by atoms with Gasteiger partial charge in [-0.2, -0.15) is 0 Å². The Hall–Kier alpha value is -0.910. The van der Waals surface area contributed by atoms with Crippen LogP contribution in [0.15, 0.2) is 12.1 Å². The van der Waals surface area contributed by atoms with Crippen LogP contribution in [0.25, 0.3) is 0 Å². The maximum Gasteiger partial charge on any atom is 0.241 e. The SMILES string of the molecule is CCC1NC(c2ccc(C)s2)N(CCC2CCOC2)C1=O. The molecule has 1 aromatic rings. The molecule has 0 aliphatic carbocycles. The molecule has 1 N–H and O–H groups in total. The van der Waals surface area contributed by atoms with Crippen molar-refractivity contribution in [2.24, 2.45) is 5.92 Å². The third-order valence-corrected chi connectivity index (χ3v) is 5.55. The number of carbonyl (C=O) groups excluding carboxylic acids is 1. The monoisotopic (exact) mass is 308 g/mol. The summed E-state index contributed by atoms with van der Waals surface area (Å²) in [6, 6.07) is 4.25. The van der Waals surface area contributed by atoms with Gasteiger partial charge in [0.1, 0.15) is 6.17 Å². The Morgan fingerprint density at radius 1 is 1.48 bits per heavy atom. The van der Waals surface area contributed by atoms with Gasteiger partial charge in [0, 0.05) is 29.5 Å². The fourth-order valence-corrected chi connectivity index (χ4v) is 4.13. The molecule has 3 heterocycles. The number of thiophene rings is 1. The number of hydrogen-bond acceptors (Lipinski definition) is 4. The van der Waals surface area contributed by atoms with Gasteiger partial charge in [0.05, 0.1) is 6.04 Å². The number of carbonyl (C=O) groups is 1. The van der Waals surface area contributed by atoms with Crippen molar-refractivity contribution < 1.29 is 9.53 Å². The van der Waals surface area contributed by atoms with Crippen molar-refractivity contribution >= 4 is 17.2 Å². The highest BCUT2D eigenvalue weighted by Gasteiger charge is 2.39. The standard InChI is InChI=1S/C16H24N2O2S/c1-3-13-16(19)18(8-6-12-7-9-20-10-12)15(17-13)14-5-4-11(2)21-14/h4-5,12-13,15,17H,3,6-10H2,1-2H3. The Balaban J connectivity index is 1.71. The van der Waals surface area contributed by atoms with Crippen molar-refractivity contribution in [2.75, 3.05) is 19.8 Å².